The van der Waals surface area contributed by atoms with Crippen molar-refractivity contribution in [3.63, 3.8) is 0 Å². The van der Waals surface area contributed by atoms with E-state index in [2.05, 4.69) is 15.1 Å². The van der Waals surface area contributed by atoms with E-state index in [0.29, 0.717) is 5.15 Å². The van der Waals surface area contributed by atoms with Gasteiger partial charge >= 0.3 is 6.09 Å². The monoisotopic (exact) mass is 324 g/mol. The van der Waals surface area contributed by atoms with Crippen LogP contribution in [0, 0.1) is 0 Å². The lowest BCUT2D eigenvalue weighted by Crippen LogP contribution is -2.42. The molecular formula is C15H21ClN4O2. The smallest absolute Gasteiger partial charge is 0.410 e. The van der Waals surface area contributed by atoms with Gasteiger partial charge in [0, 0.05) is 13.1 Å². The maximum absolute atomic E-state index is 12.3. The Hall–Kier alpha value is -1.56. The zero-order valence-electron chi connectivity index (χ0n) is 13.1. The molecule has 2 aliphatic heterocycles. The minimum absolute atomic E-state index is 0.187. The molecule has 2 fully saturated rings. The minimum atomic E-state index is -0.463. The second-order valence-corrected chi connectivity index (χ2v) is 7.18. The molecule has 6 nitrogen and oxygen atoms in total. The summed E-state index contributed by atoms with van der Waals surface area (Å²) in [5, 5.41) is 8.46. The van der Waals surface area contributed by atoms with E-state index in [1.54, 1.807) is 6.07 Å². The topological polar surface area (TPSA) is 58.6 Å². The first-order valence-corrected chi connectivity index (χ1v) is 7.98. The van der Waals surface area contributed by atoms with Crippen LogP contribution in [0.2, 0.25) is 5.15 Å². The van der Waals surface area contributed by atoms with Crippen LogP contribution in [-0.4, -0.2) is 52.0 Å². The molecule has 0 radical (unpaired) electrons. The molecule has 120 valence electrons. The van der Waals surface area contributed by atoms with Crippen LogP contribution in [0.15, 0.2) is 12.1 Å². The van der Waals surface area contributed by atoms with Gasteiger partial charge in [-0.15, -0.1) is 10.2 Å². The Balaban J connectivity index is 1.71. The van der Waals surface area contributed by atoms with Gasteiger partial charge in [0.2, 0.25) is 0 Å². The summed E-state index contributed by atoms with van der Waals surface area (Å²) in [6.07, 6.45) is 1.63. The number of fused-ring (bicyclic) bond motifs is 1. The van der Waals surface area contributed by atoms with Crippen molar-refractivity contribution in [2.75, 3.05) is 18.0 Å². The van der Waals surface area contributed by atoms with Gasteiger partial charge in [-0.1, -0.05) is 11.6 Å². The molecule has 0 saturated carbocycles. The lowest BCUT2D eigenvalue weighted by atomic mass is 10.1. The summed E-state index contributed by atoms with van der Waals surface area (Å²) in [6, 6.07) is 4.10. The maximum Gasteiger partial charge on any atom is 0.410 e. The molecule has 2 unspecified atom stereocenters. The fourth-order valence-corrected chi connectivity index (χ4v) is 3.38. The van der Waals surface area contributed by atoms with Crippen molar-refractivity contribution in [3.8, 4) is 0 Å². The van der Waals surface area contributed by atoms with Gasteiger partial charge in [0.15, 0.2) is 11.0 Å². The fourth-order valence-electron chi connectivity index (χ4n) is 3.28. The average molecular weight is 325 g/mol. The van der Waals surface area contributed by atoms with Gasteiger partial charge in [-0.25, -0.2) is 4.79 Å². The number of hydrogen-bond acceptors (Lipinski definition) is 5. The summed E-state index contributed by atoms with van der Waals surface area (Å²) in [5.41, 5.74) is -0.463. The molecule has 3 heterocycles. The van der Waals surface area contributed by atoms with Gasteiger partial charge in [-0.3, -0.25) is 0 Å². The van der Waals surface area contributed by atoms with Crippen molar-refractivity contribution < 1.29 is 9.53 Å². The second kappa shape index (κ2) is 5.57. The molecule has 0 N–H and O–H groups in total. The molecule has 0 aliphatic carbocycles. The van der Waals surface area contributed by atoms with Crippen LogP contribution in [0.5, 0.6) is 0 Å². The normalized spacial score (nSPS) is 24.5. The number of amides is 1. The van der Waals surface area contributed by atoms with E-state index in [1.807, 2.05) is 31.7 Å². The molecule has 22 heavy (non-hydrogen) atoms. The van der Waals surface area contributed by atoms with E-state index in [4.69, 9.17) is 16.3 Å². The SMILES string of the molecule is CC(C)(C)OC(=O)N1CCC2C1CCN2c1ccc(Cl)nn1. The molecule has 1 aromatic heterocycles. The first kappa shape index (κ1) is 15.3. The number of carbonyl (C=O) groups excluding carboxylic acids is 1. The van der Waals surface area contributed by atoms with E-state index in [9.17, 15) is 4.79 Å². The highest BCUT2D eigenvalue weighted by atomic mass is 35.5. The zero-order valence-corrected chi connectivity index (χ0v) is 13.9. The van der Waals surface area contributed by atoms with Crippen LogP contribution in [0.4, 0.5) is 10.6 Å². The van der Waals surface area contributed by atoms with Crippen molar-refractivity contribution >= 4 is 23.5 Å². The van der Waals surface area contributed by atoms with Gasteiger partial charge in [-0.2, -0.15) is 0 Å². The molecule has 7 heteroatoms. The summed E-state index contributed by atoms with van der Waals surface area (Å²) < 4.78 is 5.51. The molecule has 2 saturated heterocycles. The predicted molar refractivity (Wildman–Crippen MR) is 84.1 cm³/mol. The number of likely N-dealkylation sites (tertiary alicyclic amines) is 1. The summed E-state index contributed by atoms with van der Waals surface area (Å²) in [4.78, 5) is 16.4. The van der Waals surface area contributed by atoms with Crippen LogP contribution < -0.4 is 4.90 Å². The van der Waals surface area contributed by atoms with Crippen LogP contribution in [0.1, 0.15) is 33.6 Å². The van der Waals surface area contributed by atoms with Crippen molar-refractivity contribution in [3.05, 3.63) is 17.3 Å². The molecule has 2 atom stereocenters. The number of carbonyl (C=O) groups is 1. The van der Waals surface area contributed by atoms with Gasteiger partial charge in [-0.05, 0) is 45.7 Å². The average Bonchev–Trinajstić information content (AvgIpc) is 2.98. The first-order chi connectivity index (χ1) is 10.3. The Bertz CT molecular complexity index is 558. The van der Waals surface area contributed by atoms with E-state index in [1.165, 1.54) is 0 Å². The number of halogens is 1. The van der Waals surface area contributed by atoms with Gasteiger partial charge in [0.25, 0.3) is 0 Å². The quantitative estimate of drug-likeness (QED) is 0.795. The number of anilines is 1. The first-order valence-electron chi connectivity index (χ1n) is 7.61. The summed E-state index contributed by atoms with van der Waals surface area (Å²) in [7, 11) is 0. The minimum Gasteiger partial charge on any atom is -0.444 e. The van der Waals surface area contributed by atoms with E-state index >= 15 is 0 Å². The zero-order chi connectivity index (χ0) is 15.9. The van der Waals surface area contributed by atoms with Crippen LogP contribution >= 0.6 is 11.6 Å². The lowest BCUT2D eigenvalue weighted by Gasteiger charge is -2.28. The third-order valence-corrected chi connectivity index (χ3v) is 4.32. The van der Waals surface area contributed by atoms with Crippen molar-refractivity contribution in [1.29, 1.82) is 0 Å². The van der Waals surface area contributed by atoms with Crippen LogP contribution in [0.3, 0.4) is 0 Å². The molecule has 3 rings (SSSR count). The van der Waals surface area contributed by atoms with E-state index in [0.717, 1.165) is 31.7 Å². The molecule has 1 aromatic rings. The maximum atomic E-state index is 12.3. The Labute approximate surface area is 135 Å². The largest absolute Gasteiger partial charge is 0.444 e. The van der Waals surface area contributed by atoms with E-state index in [-0.39, 0.29) is 18.2 Å². The highest BCUT2D eigenvalue weighted by Crippen LogP contribution is 2.35. The van der Waals surface area contributed by atoms with Crippen molar-refractivity contribution in [2.24, 2.45) is 0 Å². The molecule has 2 aliphatic rings. The van der Waals surface area contributed by atoms with Crippen LogP contribution in [-0.2, 0) is 4.74 Å². The molecular weight excluding hydrogens is 304 g/mol. The Morgan fingerprint density at radius 1 is 1.23 bits per heavy atom. The molecule has 0 bridgehead atoms. The Kier molecular flexibility index (Phi) is 3.89. The van der Waals surface area contributed by atoms with Gasteiger partial charge < -0.3 is 14.5 Å². The van der Waals surface area contributed by atoms with E-state index < -0.39 is 5.60 Å². The highest BCUT2D eigenvalue weighted by molar-refractivity contribution is 6.29. The number of nitrogens with zero attached hydrogens (tertiary/aromatic N) is 4. The summed E-state index contributed by atoms with van der Waals surface area (Å²) in [6.45, 7) is 7.26. The summed E-state index contributed by atoms with van der Waals surface area (Å²) in [5.74, 6) is 0.822. The summed E-state index contributed by atoms with van der Waals surface area (Å²) >= 11 is 5.79. The number of ether oxygens (including phenoxy) is 1. The third-order valence-electron chi connectivity index (χ3n) is 4.12. The second-order valence-electron chi connectivity index (χ2n) is 6.79. The van der Waals surface area contributed by atoms with Crippen molar-refractivity contribution in [1.82, 2.24) is 15.1 Å². The molecule has 0 aromatic carbocycles. The Morgan fingerprint density at radius 3 is 2.59 bits per heavy atom. The fraction of sp³-hybridized carbons (Fsp3) is 0.667. The number of aromatic nitrogens is 2. The molecule has 0 spiro atoms. The molecule has 1 amide bonds. The third kappa shape index (κ3) is 2.97. The number of rotatable bonds is 1. The van der Waals surface area contributed by atoms with Crippen molar-refractivity contribution in [2.45, 2.75) is 51.3 Å². The predicted octanol–water partition coefficient (Wildman–Crippen LogP) is 2.72. The Morgan fingerprint density at radius 2 is 1.95 bits per heavy atom. The van der Waals surface area contributed by atoms with Gasteiger partial charge in [0.05, 0.1) is 12.1 Å². The lowest BCUT2D eigenvalue weighted by molar-refractivity contribution is 0.0228. The highest BCUT2D eigenvalue weighted by Gasteiger charge is 2.46. The standard InChI is InChI=1S/C15H21ClN4O2/c1-15(2,3)22-14(21)20-9-7-10-11(20)6-8-19(10)13-5-4-12(16)17-18-13/h4-5,10-11H,6-9H2,1-3H3. The van der Waals surface area contributed by atoms with Gasteiger partial charge in [0.1, 0.15) is 5.60 Å². The number of hydrogen-bond donors (Lipinski definition) is 0. The van der Waals surface area contributed by atoms with Crippen LogP contribution in [0.25, 0.3) is 0 Å².